The lowest BCUT2D eigenvalue weighted by Crippen LogP contribution is -2.50. The Morgan fingerprint density at radius 1 is 1.23 bits per heavy atom. The average Bonchev–Trinajstić information content (AvgIpc) is 3.04. The molecule has 0 saturated carbocycles. The minimum absolute atomic E-state index is 0.319. The van der Waals surface area contributed by atoms with E-state index in [2.05, 4.69) is 9.88 Å². The van der Waals surface area contributed by atoms with E-state index in [0.717, 1.165) is 23.8 Å². The predicted octanol–water partition coefficient (Wildman–Crippen LogP) is 1.63. The molecule has 1 aliphatic rings. The van der Waals surface area contributed by atoms with Crippen LogP contribution >= 0.6 is 11.3 Å². The molecule has 0 spiro atoms. The summed E-state index contributed by atoms with van der Waals surface area (Å²) >= 11 is 1.61. The van der Waals surface area contributed by atoms with Crippen LogP contribution in [0.4, 0.5) is 9.52 Å². The van der Waals surface area contributed by atoms with Crippen LogP contribution in [0, 0.1) is 5.82 Å². The van der Waals surface area contributed by atoms with Crippen molar-refractivity contribution < 1.29 is 9.18 Å². The van der Waals surface area contributed by atoms with Crippen LogP contribution in [0.5, 0.6) is 0 Å². The summed E-state index contributed by atoms with van der Waals surface area (Å²) in [5.41, 5.74) is 6.30. The molecule has 2 aromatic rings. The first-order valence-electron chi connectivity index (χ1n) is 7.08. The summed E-state index contributed by atoms with van der Waals surface area (Å²) in [6, 6.07) is 5.45. The number of amides is 1. The summed E-state index contributed by atoms with van der Waals surface area (Å²) in [4.78, 5) is 20.4. The fraction of sp³-hybridized carbons (Fsp3) is 0.333. The van der Waals surface area contributed by atoms with Gasteiger partial charge in [0.25, 0.3) is 0 Å². The van der Waals surface area contributed by atoms with Crippen molar-refractivity contribution in [3.63, 3.8) is 0 Å². The highest BCUT2D eigenvalue weighted by molar-refractivity contribution is 7.13. The predicted molar refractivity (Wildman–Crippen MR) is 84.2 cm³/mol. The van der Waals surface area contributed by atoms with E-state index in [1.165, 1.54) is 12.1 Å². The van der Waals surface area contributed by atoms with Crippen molar-refractivity contribution in [3.05, 3.63) is 47.2 Å². The number of primary amides is 1. The molecule has 2 heterocycles. The van der Waals surface area contributed by atoms with E-state index in [0.29, 0.717) is 13.1 Å². The highest BCUT2D eigenvalue weighted by atomic mass is 32.1. The molecule has 116 valence electrons. The van der Waals surface area contributed by atoms with E-state index in [1.807, 2.05) is 10.3 Å². The molecule has 5 nitrogen and oxygen atoms in total. The smallest absolute Gasteiger partial charge is 0.239 e. The molecule has 1 atom stereocenters. The number of carbonyl (C=O) groups is 1. The molecular weight excluding hydrogens is 303 g/mol. The molecule has 1 aromatic carbocycles. The number of nitrogens with two attached hydrogens (primary N) is 1. The van der Waals surface area contributed by atoms with Crippen molar-refractivity contribution in [2.45, 2.75) is 6.04 Å². The van der Waals surface area contributed by atoms with Gasteiger partial charge in [-0.05, 0) is 17.7 Å². The molecule has 1 aliphatic heterocycles. The molecule has 22 heavy (non-hydrogen) atoms. The van der Waals surface area contributed by atoms with Gasteiger partial charge in [0, 0.05) is 37.8 Å². The van der Waals surface area contributed by atoms with Gasteiger partial charge in [0.15, 0.2) is 5.13 Å². The second-order valence-electron chi connectivity index (χ2n) is 5.19. The summed E-state index contributed by atoms with van der Waals surface area (Å²) in [5.74, 6) is -0.727. The molecular formula is C15H17FN4OS. The second-order valence-corrected chi connectivity index (χ2v) is 6.07. The second kappa shape index (κ2) is 6.41. The summed E-state index contributed by atoms with van der Waals surface area (Å²) < 4.78 is 13.1. The summed E-state index contributed by atoms with van der Waals surface area (Å²) in [6.07, 6.45) is 1.79. The lowest BCUT2D eigenvalue weighted by atomic mass is 10.0. The molecule has 1 amide bonds. The third-order valence-electron chi connectivity index (χ3n) is 3.82. The zero-order valence-electron chi connectivity index (χ0n) is 12.0. The Kier molecular flexibility index (Phi) is 4.35. The minimum Gasteiger partial charge on any atom is -0.368 e. The van der Waals surface area contributed by atoms with E-state index < -0.39 is 11.9 Å². The number of nitrogens with zero attached hydrogens (tertiary/aromatic N) is 3. The molecule has 0 aliphatic carbocycles. The van der Waals surface area contributed by atoms with Crippen LogP contribution in [0.15, 0.2) is 35.8 Å². The van der Waals surface area contributed by atoms with Gasteiger partial charge in [0.2, 0.25) is 5.91 Å². The van der Waals surface area contributed by atoms with Gasteiger partial charge in [-0.2, -0.15) is 0 Å². The fourth-order valence-electron chi connectivity index (χ4n) is 2.74. The average molecular weight is 320 g/mol. The summed E-state index contributed by atoms with van der Waals surface area (Å²) in [7, 11) is 0. The number of anilines is 1. The Morgan fingerprint density at radius 3 is 2.45 bits per heavy atom. The topological polar surface area (TPSA) is 62.5 Å². The highest BCUT2D eigenvalue weighted by Gasteiger charge is 2.29. The molecule has 3 rings (SSSR count). The van der Waals surface area contributed by atoms with E-state index in [9.17, 15) is 9.18 Å². The van der Waals surface area contributed by atoms with Crippen LogP contribution in [0.2, 0.25) is 0 Å². The molecule has 1 saturated heterocycles. The first-order valence-corrected chi connectivity index (χ1v) is 7.96. The Balaban J connectivity index is 1.71. The molecule has 1 unspecified atom stereocenters. The van der Waals surface area contributed by atoms with E-state index in [4.69, 9.17) is 5.73 Å². The third kappa shape index (κ3) is 3.10. The number of hydrogen-bond acceptors (Lipinski definition) is 5. The number of rotatable bonds is 4. The van der Waals surface area contributed by atoms with Crippen LogP contribution in [-0.2, 0) is 4.79 Å². The van der Waals surface area contributed by atoms with Gasteiger partial charge in [-0.3, -0.25) is 9.69 Å². The Morgan fingerprint density at radius 2 is 1.91 bits per heavy atom. The third-order valence-corrected chi connectivity index (χ3v) is 4.66. The van der Waals surface area contributed by atoms with Crippen LogP contribution in [0.3, 0.4) is 0 Å². The monoisotopic (exact) mass is 320 g/mol. The first-order chi connectivity index (χ1) is 10.6. The van der Waals surface area contributed by atoms with E-state index >= 15 is 0 Å². The number of piperazine rings is 1. The van der Waals surface area contributed by atoms with Gasteiger partial charge in [-0.15, -0.1) is 11.3 Å². The molecule has 0 radical (unpaired) electrons. The van der Waals surface area contributed by atoms with Gasteiger partial charge in [-0.1, -0.05) is 12.1 Å². The van der Waals surface area contributed by atoms with Crippen LogP contribution < -0.4 is 10.6 Å². The van der Waals surface area contributed by atoms with Crippen molar-refractivity contribution in [3.8, 4) is 0 Å². The standard InChI is InChI=1S/C15H17FN4OS/c16-12-3-1-11(2-4-12)13(14(17)21)19-6-8-20(9-7-19)15-18-5-10-22-15/h1-5,10,13H,6-9H2,(H2,17,21). The van der Waals surface area contributed by atoms with Crippen LogP contribution in [0.25, 0.3) is 0 Å². The maximum absolute atomic E-state index is 13.1. The summed E-state index contributed by atoms with van der Waals surface area (Å²) in [5, 5.41) is 2.95. The number of hydrogen-bond donors (Lipinski definition) is 1. The van der Waals surface area contributed by atoms with Gasteiger partial charge < -0.3 is 10.6 Å². The zero-order chi connectivity index (χ0) is 15.5. The largest absolute Gasteiger partial charge is 0.368 e. The fourth-order valence-corrected chi connectivity index (χ4v) is 3.44. The Hall–Kier alpha value is -1.99. The first kappa shape index (κ1) is 14.9. The van der Waals surface area contributed by atoms with E-state index in [-0.39, 0.29) is 5.82 Å². The highest BCUT2D eigenvalue weighted by Crippen LogP contribution is 2.25. The lowest BCUT2D eigenvalue weighted by Gasteiger charge is -2.38. The molecule has 2 N–H and O–H groups in total. The van der Waals surface area contributed by atoms with Crippen LogP contribution in [-0.4, -0.2) is 42.0 Å². The summed E-state index contributed by atoms with van der Waals surface area (Å²) in [6.45, 7) is 3.01. The van der Waals surface area contributed by atoms with E-state index in [1.54, 1.807) is 29.7 Å². The molecule has 1 aromatic heterocycles. The number of halogens is 1. The van der Waals surface area contributed by atoms with Crippen molar-refractivity contribution in [2.75, 3.05) is 31.1 Å². The Labute approximate surface area is 132 Å². The number of aromatic nitrogens is 1. The van der Waals surface area contributed by atoms with Crippen molar-refractivity contribution >= 4 is 22.4 Å². The van der Waals surface area contributed by atoms with Crippen molar-refractivity contribution in [1.29, 1.82) is 0 Å². The number of carbonyl (C=O) groups excluding carboxylic acids is 1. The number of thiazole rings is 1. The van der Waals surface area contributed by atoms with Gasteiger partial charge in [0.05, 0.1) is 0 Å². The van der Waals surface area contributed by atoms with Crippen LogP contribution in [0.1, 0.15) is 11.6 Å². The molecule has 1 fully saturated rings. The normalized spacial score (nSPS) is 17.4. The minimum atomic E-state index is -0.515. The van der Waals surface area contributed by atoms with Crippen molar-refractivity contribution in [1.82, 2.24) is 9.88 Å². The maximum Gasteiger partial charge on any atom is 0.239 e. The quantitative estimate of drug-likeness (QED) is 0.930. The zero-order valence-corrected chi connectivity index (χ0v) is 12.8. The molecule has 7 heteroatoms. The SMILES string of the molecule is NC(=O)C(c1ccc(F)cc1)N1CCN(c2nccs2)CC1. The van der Waals surface area contributed by atoms with Gasteiger partial charge in [-0.25, -0.2) is 9.37 Å². The molecule has 0 bridgehead atoms. The van der Waals surface area contributed by atoms with Gasteiger partial charge >= 0.3 is 0 Å². The van der Waals surface area contributed by atoms with Gasteiger partial charge in [0.1, 0.15) is 11.9 Å². The van der Waals surface area contributed by atoms with Crippen molar-refractivity contribution in [2.24, 2.45) is 5.73 Å². The maximum atomic E-state index is 13.1. The lowest BCUT2D eigenvalue weighted by molar-refractivity contribution is -0.123. The number of benzene rings is 1. The Bertz CT molecular complexity index is 624.